The number of methoxy groups -OCH3 is 1. The molecule has 0 saturated carbocycles. The van der Waals surface area contributed by atoms with Crippen molar-refractivity contribution in [2.45, 2.75) is 13.0 Å². The summed E-state index contributed by atoms with van der Waals surface area (Å²) >= 11 is 0. The summed E-state index contributed by atoms with van der Waals surface area (Å²) in [7, 11) is 1.40. The van der Waals surface area contributed by atoms with E-state index < -0.39 is 0 Å². The van der Waals surface area contributed by atoms with Crippen LogP contribution >= 0.6 is 0 Å². The fourth-order valence-corrected chi connectivity index (χ4v) is 2.59. The number of carbonyl (C=O) groups is 1. The lowest BCUT2D eigenvalue weighted by molar-refractivity contribution is -0.147. The number of esters is 1. The van der Waals surface area contributed by atoms with Crippen LogP contribution in [0.5, 0.6) is 0 Å². The van der Waals surface area contributed by atoms with E-state index in [0.717, 1.165) is 13.1 Å². The lowest BCUT2D eigenvalue weighted by Gasteiger charge is -2.33. The van der Waals surface area contributed by atoms with Crippen LogP contribution in [-0.2, 0) is 16.1 Å². The first kappa shape index (κ1) is 13.6. The lowest BCUT2D eigenvalue weighted by atomic mass is 9.90. The van der Waals surface area contributed by atoms with Crippen molar-refractivity contribution in [2.75, 3.05) is 20.2 Å². The number of piperidine rings is 1. The Morgan fingerprint density at radius 3 is 2.79 bits per heavy atom. The molecule has 0 aliphatic carbocycles. The van der Waals surface area contributed by atoms with E-state index in [2.05, 4.69) is 23.1 Å². The van der Waals surface area contributed by atoms with E-state index in [9.17, 15) is 4.79 Å². The van der Waals surface area contributed by atoms with Gasteiger partial charge in [-0.3, -0.25) is 9.69 Å². The maximum atomic E-state index is 11.7. The van der Waals surface area contributed by atoms with Crippen molar-refractivity contribution in [3.8, 4) is 6.07 Å². The molecule has 4 heteroatoms. The number of carbonyl (C=O) groups excluding carboxylic acids is 1. The van der Waals surface area contributed by atoms with Crippen LogP contribution in [0.1, 0.15) is 12.0 Å². The quantitative estimate of drug-likeness (QED) is 0.776. The smallest absolute Gasteiger partial charge is 0.310 e. The predicted octanol–water partition coefficient (Wildman–Crippen LogP) is 1.82. The second-order valence-corrected chi connectivity index (χ2v) is 4.96. The van der Waals surface area contributed by atoms with Crippen molar-refractivity contribution in [2.24, 2.45) is 11.8 Å². The lowest BCUT2D eigenvalue weighted by Crippen LogP contribution is -2.42. The molecule has 1 aliphatic heterocycles. The Kier molecular flexibility index (Phi) is 4.53. The third kappa shape index (κ3) is 3.55. The van der Waals surface area contributed by atoms with Gasteiger partial charge in [0.15, 0.2) is 0 Å². The van der Waals surface area contributed by atoms with Crippen molar-refractivity contribution in [3.63, 3.8) is 0 Å². The zero-order valence-corrected chi connectivity index (χ0v) is 11.1. The zero-order chi connectivity index (χ0) is 13.7. The number of hydrogen-bond acceptors (Lipinski definition) is 4. The van der Waals surface area contributed by atoms with Gasteiger partial charge in [-0.25, -0.2) is 0 Å². The second kappa shape index (κ2) is 6.35. The fraction of sp³-hybridized carbons (Fsp3) is 0.467. The third-order valence-corrected chi connectivity index (χ3v) is 3.49. The highest BCUT2D eigenvalue weighted by molar-refractivity contribution is 5.72. The highest BCUT2D eigenvalue weighted by atomic mass is 16.5. The molecule has 1 aromatic rings. The Bertz CT molecular complexity index is 467. The van der Waals surface area contributed by atoms with Crippen LogP contribution in [0.25, 0.3) is 0 Å². The molecule has 4 nitrogen and oxygen atoms in total. The van der Waals surface area contributed by atoms with Crippen molar-refractivity contribution in [1.82, 2.24) is 4.90 Å². The molecular weight excluding hydrogens is 240 g/mol. The van der Waals surface area contributed by atoms with Gasteiger partial charge in [-0.2, -0.15) is 5.26 Å². The summed E-state index contributed by atoms with van der Waals surface area (Å²) in [6, 6.07) is 12.4. The minimum absolute atomic E-state index is 0.0958. The molecule has 100 valence electrons. The SMILES string of the molecule is COC(=O)[C@@H]1C[C@H](C#N)CN(Cc2ccccc2)C1. The monoisotopic (exact) mass is 258 g/mol. The van der Waals surface area contributed by atoms with E-state index in [1.54, 1.807) is 0 Å². The molecule has 1 fully saturated rings. The largest absolute Gasteiger partial charge is 0.469 e. The summed E-state index contributed by atoms with van der Waals surface area (Å²) in [4.78, 5) is 13.8. The summed E-state index contributed by atoms with van der Waals surface area (Å²) in [5.41, 5.74) is 1.20. The number of rotatable bonds is 3. The average molecular weight is 258 g/mol. The number of ether oxygens (including phenoxy) is 1. The molecule has 1 heterocycles. The molecule has 1 aromatic carbocycles. The van der Waals surface area contributed by atoms with Crippen LogP contribution < -0.4 is 0 Å². The van der Waals surface area contributed by atoms with Crippen LogP contribution in [0, 0.1) is 23.2 Å². The van der Waals surface area contributed by atoms with Crippen LogP contribution in [-0.4, -0.2) is 31.1 Å². The van der Waals surface area contributed by atoms with E-state index in [4.69, 9.17) is 10.00 Å². The standard InChI is InChI=1S/C15H18N2O2/c1-19-15(18)14-7-13(8-16)10-17(11-14)9-12-5-3-2-4-6-12/h2-6,13-14H,7,9-11H2,1H3/t13-,14-/m1/s1. The Hall–Kier alpha value is -1.86. The van der Waals surface area contributed by atoms with Crippen molar-refractivity contribution < 1.29 is 9.53 Å². The normalized spacial score (nSPS) is 23.6. The van der Waals surface area contributed by atoms with Crippen LogP contribution in [0.15, 0.2) is 30.3 Å². The van der Waals surface area contributed by atoms with Crippen LogP contribution in [0.4, 0.5) is 0 Å². The highest BCUT2D eigenvalue weighted by Gasteiger charge is 2.32. The summed E-state index contributed by atoms with van der Waals surface area (Å²) in [6.07, 6.45) is 0.606. The highest BCUT2D eigenvalue weighted by Crippen LogP contribution is 2.23. The molecule has 1 aliphatic rings. The van der Waals surface area contributed by atoms with E-state index in [1.807, 2.05) is 18.2 Å². The van der Waals surface area contributed by atoms with E-state index in [-0.39, 0.29) is 17.8 Å². The van der Waals surface area contributed by atoms with Gasteiger partial charge in [-0.1, -0.05) is 30.3 Å². The van der Waals surface area contributed by atoms with Crippen LogP contribution in [0.2, 0.25) is 0 Å². The fourth-order valence-electron chi connectivity index (χ4n) is 2.59. The van der Waals surface area contributed by atoms with Gasteiger partial charge >= 0.3 is 5.97 Å². The molecule has 0 amide bonds. The third-order valence-electron chi connectivity index (χ3n) is 3.49. The molecule has 2 atom stereocenters. The van der Waals surface area contributed by atoms with Gasteiger partial charge in [0.2, 0.25) is 0 Å². The molecule has 0 bridgehead atoms. The molecule has 0 spiro atoms. The molecule has 0 aromatic heterocycles. The minimum atomic E-state index is -0.210. The molecule has 1 saturated heterocycles. The second-order valence-electron chi connectivity index (χ2n) is 4.96. The average Bonchev–Trinajstić information content (AvgIpc) is 2.47. The first-order valence-electron chi connectivity index (χ1n) is 6.46. The maximum absolute atomic E-state index is 11.7. The predicted molar refractivity (Wildman–Crippen MR) is 70.9 cm³/mol. The maximum Gasteiger partial charge on any atom is 0.310 e. The van der Waals surface area contributed by atoms with Crippen molar-refractivity contribution in [1.29, 1.82) is 5.26 Å². The molecule has 0 unspecified atom stereocenters. The van der Waals surface area contributed by atoms with E-state index in [0.29, 0.717) is 13.0 Å². The van der Waals surface area contributed by atoms with Gasteiger partial charge in [0.25, 0.3) is 0 Å². The topological polar surface area (TPSA) is 53.3 Å². The minimum Gasteiger partial charge on any atom is -0.469 e. The number of hydrogen-bond donors (Lipinski definition) is 0. The number of benzene rings is 1. The van der Waals surface area contributed by atoms with Gasteiger partial charge in [0.1, 0.15) is 0 Å². The number of nitriles is 1. The van der Waals surface area contributed by atoms with E-state index in [1.165, 1.54) is 12.7 Å². The molecule has 2 rings (SSSR count). The first-order valence-corrected chi connectivity index (χ1v) is 6.46. The zero-order valence-electron chi connectivity index (χ0n) is 11.1. The molecule has 19 heavy (non-hydrogen) atoms. The number of likely N-dealkylation sites (tertiary alicyclic amines) is 1. The van der Waals surface area contributed by atoms with Crippen molar-refractivity contribution in [3.05, 3.63) is 35.9 Å². The van der Waals surface area contributed by atoms with Gasteiger partial charge in [0, 0.05) is 19.6 Å². The van der Waals surface area contributed by atoms with Crippen molar-refractivity contribution >= 4 is 5.97 Å². The Morgan fingerprint density at radius 1 is 1.42 bits per heavy atom. The van der Waals surface area contributed by atoms with Crippen LogP contribution in [0.3, 0.4) is 0 Å². The number of nitrogens with zero attached hydrogens (tertiary/aromatic N) is 2. The Balaban J connectivity index is 2.04. The van der Waals surface area contributed by atoms with Gasteiger partial charge in [0.05, 0.1) is 25.0 Å². The summed E-state index contributed by atoms with van der Waals surface area (Å²) in [5.74, 6) is -0.494. The molecule has 0 radical (unpaired) electrons. The summed E-state index contributed by atoms with van der Waals surface area (Å²) in [6.45, 7) is 2.16. The first-order chi connectivity index (χ1) is 9.22. The Labute approximate surface area is 113 Å². The van der Waals surface area contributed by atoms with E-state index >= 15 is 0 Å². The van der Waals surface area contributed by atoms with Gasteiger partial charge < -0.3 is 4.74 Å². The Morgan fingerprint density at radius 2 is 2.16 bits per heavy atom. The summed E-state index contributed by atoms with van der Waals surface area (Å²) < 4.78 is 4.81. The molecule has 0 N–H and O–H groups in total. The summed E-state index contributed by atoms with van der Waals surface area (Å²) in [5, 5.41) is 9.12. The van der Waals surface area contributed by atoms with Gasteiger partial charge in [-0.05, 0) is 12.0 Å². The molecular formula is C15H18N2O2. The van der Waals surface area contributed by atoms with Gasteiger partial charge in [-0.15, -0.1) is 0 Å².